The zero-order valence-corrected chi connectivity index (χ0v) is 34.8. The van der Waals surface area contributed by atoms with Gasteiger partial charge in [0.05, 0.1) is 15.2 Å². The van der Waals surface area contributed by atoms with Crippen LogP contribution in [-0.4, -0.2) is 68.1 Å². The number of carbonyl (C=O) groups is 1. The Balaban J connectivity index is 1.45. The van der Waals surface area contributed by atoms with Gasteiger partial charge >= 0.3 is 0 Å². The van der Waals surface area contributed by atoms with E-state index in [1.54, 1.807) is 13.0 Å². The fourth-order valence-corrected chi connectivity index (χ4v) is 10.1. The van der Waals surface area contributed by atoms with Gasteiger partial charge in [0, 0.05) is 52.4 Å². The van der Waals surface area contributed by atoms with Crippen LogP contribution in [0.1, 0.15) is 65.2 Å². The number of allylic oxidation sites excluding steroid dienone is 6. The Labute approximate surface area is 327 Å². The molecule has 4 aromatic rings. The Morgan fingerprint density at radius 2 is 1.34 bits per heavy atom. The number of rotatable bonds is 10. The van der Waals surface area contributed by atoms with Crippen molar-refractivity contribution < 1.29 is 48.3 Å². The molecule has 56 heavy (non-hydrogen) atoms. The minimum Gasteiger partial charge on any atom is -0.344 e. The molecule has 0 aromatic heterocycles. The highest BCUT2D eigenvalue weighted by molar-refractivity contribution is 7.87. The molecule has 0 fully saturated rings. The molecular weight excluding hydrogens is 777 g/mol. The molecule has 2 heterocycles. The summed E-state index contributed by atoms with van der Waals surface area (Å²) < 4.78 is 106. The Bertz CT molecular complexity index is 2850. The molecule has 12 nitrogen and oxygen atoms in total. The van der Waals surface area contributed by atoms with E-state index in [9.17, 15) is 43.7 Å². The minimum atomic E-state index is -4.87. The molecule has 4 aromatic carbocycles. The summed E-state index contributed by atoms with van der Waals surface area (Å²) in [7, 11) is -14.2. The van der Waals surface area contributed by atoms with Gasteiger partial charge in [0.15, 0.2) is 11.5 Å². The number of nitrogens with zero attached hydrogens (tertiary/aromatic N) is 2. The summed E-state index contributed by atoms with van der Waals surface area (Å²) in [5.41, 5.74) is 3.73. The van der Waals surface area contributed by atoms with Crippen molar-refractivity contribution in [3.8, 4) is 0 Å². The predicted molar refractivity (Wildman–Crippen MR) is 217 cm³/mol. The molecule has 2 aliphatic rings. The SMILES string of the molecule is CCN1C(=CC=CC=CC2=[N+](CC(=O)C(C)C)c3ccc4c(C)cc(S(=O)(=O)O)cc4c3C2(C)C)C(C)(C)c2c1ccc1c(S(=O)(=O)O)cc(S(=O)(=O)O)cc21. The summed E-state index contributed by atoms with van der Waals surface area (Å²) in [6.07, 6.45) is 9.34. The van der Waals surface area contributed by atoms with Crippen LogP contribution < -0.4 is 4.90 Å². The van der Waals surface area contributed by atoms with Crippen LogP contribution in [0.5, 0.6) is 0 Å². The average molecular weight is 822 g/mol. The topological polar surface area (TPSA) is 186 Å². The number of aryl methyl sites for hydroxylation is 1. The van der Waals surface area contributed by atoms with E-state index in [0.717, 1.165) is 34.1 Å². The van der Waals surface area contributed by atoms with E-state index in [4.69, 9.17) is 0 Å². The highest BCUT2D eigenvalue weighted by Gasteiger charge is 2.47. The zero-order chi connectivity index (χ0) is 41.5. The molecule has 15 heteroatoms. The van der Waals surface area contributed by atoms with Crippen molar-refractivity contribution in [2.75, 3.05) is 18.0 Å². The zero-order valence-electron chi connectivity index (χ0n) is 32.3. The molecule has 0 aliphatic carbocycles. The first-order chi connectivity index (χ1) is 25.8. The summed E-state index contributed by atoms with van der Waals surface area (Å²) in [4.78, 5) is 13.7. The van der Waals surface area contributed by atoms with Gasteiger partial charge < -0.3 is 4.90 Å². The van der Waals surface area contributed by atoms with Gasteiger partial charge in [0.1, 0.15) is 4.90 Å². The number of hydrogen-bond acceptors (Lipinski definition) is 8. The van der Waals surface area contributed by atoms with Crippen molar-refractivity contribution in [3.05, 3.63) is 101 Å². The van der Waals surface area contributed by atoms with E-state index >= 15 is 0 Å². The highest BCUT2D eigenvalue weighted by atomic mass is 32.2. The van der Waals surface area contributed by atoms with E-state index in [1.165, 1.54) is 24.3 Å². The first-order valence-electron chi connectivity index (χ1n) is 17.9. The molecule has 0 saturated heterocycles. The van der Waals surface area contributed by atoms with Gasteiger partial charge in [-0.15, -0.1) is 0 Å². The molecule has 0 bridgehead atoms. The molecule has 6 rings (SSSR count). The largest absolute Gasteiger partial charge is 0.344 e. The quantitative estimate of drug-likeness (QED) is 0.0819. The lowest BCUT2D eigenvalue weighted by atomic mass is 9.78. The molecule has 0 saturated carbocycles. The molecular formula is C41H45N2O10S3+. The van der Waals surface area contributed by atoms with Crippen LogP contribution in [0.4, 0.5) is 11.4 Å². The smallest absolute Gasteiger partial charge is 0.295 e. The van der Waals surface area contributed by atoms with Crippen molar-refractivity contribution in [2.45, 2.75) is 80.9 Å². The maximum absolute atomic E-state index is 13.2. The van der Waals surface area contributed by atoms with Crippen LogP contribution in [0.3, 0.4) is 0 Å². The maximum Gasteiger partial charge on any atom is 0.295 e. The van der Waals surface area contributed by atoms with Gasteiger partial charge in [-0.1, -0.05) is 52.0 Å². The van der Waals surface area contributed by atoms with Crippen LogP contribution >= 0.6 is 0 Å². The number of fused-ring (bicyclic) bond motifs is 6. The molecule has 0 atom stereocenters. The molecule has 296 valence electrons. The van der Waals surface area contributed by atoms with Gasteiger partial charge in [-0.25, -0.2) is 0 Å². The van der Waals surface area contributed by atoms with Gasteiger partial charge in [-0.2, -0.15) is 29.8 Å². The number of likely N-dealkylation sites (N-methyl/N-ethyl adjacent to an activating group) is 1. The van der Waals surface area contributed by atoms with Crippen LogP contribution in [0.25, 0.3) is 21.5 Å². The Morgan fingerprint density at radius 3 is 1.91 bits per heavy atom. The summed E-state index contributed by atoms with van der Waals surface area (Å²) >= 11 is 0. The summed E-state index contributed by atoms with van der Waals surface area (Å²) in [5, 5.41) is 1.85. The standard InChI is InChI=1S/C41H44N2O10S3/c1-9-42-32-18-16-29-31(21-27(55(48,49)50)22-35(29)56(51,52)53)39(32)40(5,6)36(42)13-11-10-12-14-37-41(7,8)38-30-20-26(54(45,46)47)19-25(4)28(30)15-17-33(38)43(37)23-34(44)24(2)3/h10-22,24H,9,23H2,1-8H3,(H2-,45,46,47,48,49,50,51,52,53)/p+1. The fourth-order valence-electron chi connectivity index (χ4n) is 8.21. The number of anilines is 1. The maximum atomic E-state index is 13.2. The summed E-state index contributed by atoms with van der Waals surface area (Å²) in [6.45, 7) is 15.9. The fraction of sp³-hybridized carbons (Fsp3) is 0.317. The van der Waals surface area contributed by atoms with Gasteiger partial charge in [-0.3, -0.25) is 18.5 Å². The van der Waals surface area contributed by atoms with Crippen LogP contribution in [-0.2, 0) is 46.0 Å². The van der Waals surface area contributed by atoms with Crippen molar-refractivity contribution in [3.63, 3.8) is 0 Å². The molecule has 0 spiro atoms. The first-order valence-corrected chi connectivity index (χ1v) is 22.3. The van der Waals surface area contributed by atoms with Crippen molar-refractivity contribution >= 4 is 74.8 Å². The lowest BCUT2D eigenvalue weighted by molar-refractivity contribution is -0.425. The van der Waals surface area contributed by atoms with Crippen LogP contribution in [0.15, 0.2) is 99.3 Å². The van der Waals surface area contributed by atoms with E-state index in [-0.39, 0.29) is 33.9 Å². The Hall–Kier alpha value is -4.51. The number of benzene rings is 4. The number of hydrogen-bond donors (Lipinski definition) is 3. The lowest BCUT2D eigenvalue weighted by Crippen LogP contribution is -2.30. The van der Waals surface area contributed by atoms with Gasteiger partial charge in [0.2, 0.25) is 12.2 Å². The Morgan fingerprint density at radius 1 is 0.750 bits per heavy atom. The van der Waals surface area contributed by atoms with Crippen molar-refractivity contribution in [1.82, 2.24) is 0 Å². The number of ketones is 1. The highest BCUT2D eigenvalue weighted by Crippen LogP contribution is 2.52. The minimum absolute atomic E-state index is 0.0189. The first kappa shape index (κ1) is 41.1. The number of Topliss-reactive ketones (excluding diaryl/α,β-unsaturated/α-hetero) is 1. The van der Waals surface area contributed by atoms with Crippen molar-refractivity contribution in [1.29, 1.82) is 0 Å². The van der Waals surface area contributed by atoms with Crippen LogP contribution in [0, 0.1) is 12.8 Å². The van der Waals surface area contributed by atoms with Crippen LogP contribution in [0.2, 0.25) is 0 Å². The molecule has 0 radical (unpaired) electrons. The van der Waals surface area contributed by atoms with E-state index in [1.807, 2.05) is 100 Å². The molecule has 2 aliphatic heterocycles. The second-order valence-corrected chi connectivity index (χ2v) is 19.8. The van der Waals surface area contributed by atoms with Gasteiger partial charge in [-0.05, 0) is 97.5 Å². The van der Waals surface area contributed by atoms with E-state index < -0.39 is 51.0 Å². The second-order valence-electron chi connectivity index (χ2n) is 15.6. The summed E-state index contributed by atoms with van der Waals surface area (Å²) in [6, 6.07) is 12.0. The van der Waals surface area contributed by atoms with E-state index in [0.29, 0.717) is 28.7 Å². The summed E-state index contributed by atoms with van der Waals surface area (Å²) in [5.74, 6) is -0.213. The average Bonchev–Trinajstić information content (AvgIpc) is 3.44. The van der Waals surface area contributed by atoms with Crippen molar-refractivity contribution in [2.24, 2.45) is 5.92 Å². The molecule has 0 amide bonds. The monoisotopic (exact) mass is 821 g/mol. The number of carbonyl (C=O) groups excluding carboxylic acids is 1. The van der Waals surface area contributed by atoms with E-state index in [2.05, 4.69) is 0 Å². The third-order valence-corrected chi connectivity index (χ3v) is 13.5. The second kappa shape index (κ2) is 13.9. The normalized spacial score (nSPS) is 17.7. The lowest BCUT2D eigenvalue weighted by Gasteiger charge is -2.26. The predicted octanol–water partition coefficient (Wildman–Crippen LogP) is 7.46. The third kappa shape index (κ3) is 6.94. The van der Waals surface area contributed by atoms with Gasteiger partial charge in [0.25, 0.3) is 30.4 Å². The third-order valence-electron chi connectivity index (χ3n) is 10.9. The Kier molecular flexibility index (Phi) is 10.2. The molecule has 3 N–H and O–H groups in total. The molecule has 0 unspecified atom stereocenters.